The molecule has 0 bridgehead atoms. The van der Waals surface area contributed by atoms with Gasteiger partial charge in [0.15, 0.2) is 11.0 Å². The Morgan fingerprint density at radius 1 is 0.769 bits per heavy atom. The molecule has 1 aromatic heterocycles. The van der Waals surface area contributed by atoms with Crippen LogP contribution in [0.25, 0.3) is 17.1 Å². The van der Waals surface area contributed by atoms with Gasteiger partial charge < -0.3 is 0 Å². The lowest BCUT2D eigenvalue weighted by Gasteiger charge is -2.10. The van der Waals surface area contributed by atoms with Crippen LogP contribution in [0.4, 0.5) is 4.39 Å². The molecule has 0 radical (unpaired) electrons. The minimum Gasteiger partial charge on any atom is -0.270 e. The highest BCUT2D eigenvalue weighted by Gasteiger charge is 2.16. The van der Waals surface area contributed by atoms with E-state index in [4.69, 9.17) is 0 Å². The lowest BCUT2D eigenvalue weighted by molar-refractivity contribution is 0.628. The molecule has 0 fully saturated rings. The number of benzene rings is 3. The maximum absolute atomic E-state index is 13.3. The van der Waals surface area contributed by atoms with Crippen molar-refractivity contribution in [2.24, 2.45) is 0 Å². The van der Waals surface area contributed by atoms with Crippen LogP contribution in [0.15, 0.2) is 90.1 Å². The Kier molecular flexibility index (Phi) is 4.80. The van der Waals surface area contributed by atoms with Crippen molar-refractivity contribution in [1.82, 2.24) is 14.8 Å². The average Bonchev–Trinajstić information content (AvgIpc) is 3.12. The number of halogens is 1. The molecule has 0 aliphatic heterocycles. The summed E-state index contributed by atoms with van der Waals surface area (Å²) >= 11 is 1.63. The second-order valence-electron chi connectivity index (χ2n) is 5.76. The zero-order valence-electron chi connectivity index (χ0n) is 13.9. The van der Waals surface area contributed by atoms with Crippen molar-refractivity contribution in [3.8, 4) is 17.1 Å². The van der Waals surface area contributed by atoms with Gasteiger partial charge in [-0.25, -0.2) is 4.39 Å². The van der Waals surface area contributed by atoms with Crippen molar-refractivity contribution >= 4 is 11.8 Å². The maximum Gasteiger partial charge on any atom is 0.196 e. The predicted octanol–water partition coefficient (Wildman–Crippen LogP) is 5.37. The second-order valence-corrected chi connectivity index (χ2v) is 6.70. The monoisotopic (exact) mass is 361 g/mol. The molecular formula is C21H16FN3S. The molecule has 4 rings (SSSR count). The summed E-state index contributed by atoms with van der Waals surface area (Å²) in [7, 11) is 0. The number of hydrogen-bond donors (Lipinski definition) is 0. The van der Waals surface area contributed by atoms with Crippen LogP contribution in [0.3, 0.4) is 0 Å². The number of para-hydroxylation sites is 1. The largest absolute Gasteiger partial charge is 0.270 e. The highest BCUT2D eigenvalue weighted by molar-refractivity contribution is 7.98. The van der Waals surface area contributed by atoms with Gasteiger partial charge in [0.25, 0.3) is 0 Å². The minimum absolute atomic E-state index is 0.266. The third kappa shape index (κ3) is 3.53. The molecule has 26 heavy (non-hydrogen) atoms. The predicted molar refractivity (Wildman–Crippen MR) is 103 cm³/mol. The summed E-state index contributed by atoms with van der Waals surface area (Å²) in [5.41, 5.74) is 3.03. The molecule has 0 N–H and O–H groups in total. The Labute approximate surface area is 155 Å². The molecule has 4 aromatic rings. The molecule has 0 saturated carbocycles. The first-order chi connectivity index (χ1) is 12.8. The van der Waals surface area contributed by atoms with Gasteiger partial charge in [0, 0.05) is 17.0 Å². The average molecular weight is 361 g/mol. The normalized spacial score (nSPS) is 10.8. The van der Waals surface area contributed by atoms with E-state index in [1.165, 1.54) is 17.7 Å². The molecule has 0 unspecified atom stereocenters. The molecule has 0 spiro atoms. The van der Waals surface area contributed by atoms with Gasteiger partial charge in [0.2, 0.25) is 0 Å². The highest BCUT2D eigenvalue weighted by Crippen LogP contribution is 2.29. The van der Waals surface area contributed by atoms with Crippen LogP contribution >= 0.6 is 11.8 Å². The van der Waals surface area contributed by atoms with Gasteiger partial charge in [0.1, 0.15) is 5.82 Å². The van der Waals surface area contributed by atoms with Crippen molar-refractivity contribution in [2.75, 3.05) is 0 Å². The molecule has 3 aromatic carbocycles. The quantitative estimate of drug-likeness (QED) is 0.448. The van der Waals surface area contributed by atoms with Crippen LogP contribution in [0, 0.1) is 5.82 Å². The summed E-state index contributed by atoms with van der Waals surface area (Å²) in [6.45, 7) is 0. The van der Waals surface area contributed by atoms with Gasteiger partial charge in [0.05, 0.1) is 0 Å². The molecule has 5 heteroatoms. The zero-order chi connectivity index (χ0) is 17.8. The standard InChI is InChI=1S/C21H16FN3S/c22-18-13-11-17(12-14-18)20-23-24-21(25(20)19-9-5-2-6-10-19)26-15-16-7-3-1-4-8-16/h1-14H,15H2. The topological polar surface area (TPSA) is 30.7 Å². The summed E-state index contributed by atoms with van der Waals surface area (Å²) in [5, 5.41) is 9.57. The summed E-state index contributed by atoms with van der Waals surface area (Å²) < 4.78 is 15.3. The van der Waals surface area contributed by atoms with Crippen LogP contribution in [0.5, 0.6) is 0 Å². The zero-order valence-corrected chi connectivity index (χ0v) is 14.7. The Morgan fingerprint density at radius 3 is 2.12 bits per heavy atom. The van der Waals surface area contributed by atoms with E-state index in [1.807, 2.05) is 53.1 Å². The lowest BCUT2D eigenvalue weighted by atomic mass is 10.2. The van der Waals surface area contributed by atoms with Gasteiger partial charge in [-0.1, -0.05) is 60.3 Å². The molecule has 0 aliphatic rings. The van der Waals surface area contributed by atoms with E-state index in [-0.39, 0.29) is 5.82 Å². The SMILES string of the molecule is Fc1ccc(-c2nnc(SCc3ccccc3)n2-c2ccccc2)cc1. The van der Waals surface area contributed by atoms with E-state index in [0.717, 1.165) is 22.2 Å². The first kappa shape index (κ1) is 16.5. The van der Waals surface area contributed by atoms with Crippen molar-refractivity contribution < 1.29 is 4.39 Å². The Bertz CT molecular complexity index is 983. The van der Waals surface area contributed by atoms with Crippen LogP contribution in [-0.4, -0.2) is 14.8 Å². The molecule has 0 aliphatic carbocycles. The molecular weight excluding hydrogens is 345 g/mol. The van der Waals surface area contributed by atoms with Gasteiger partial charge >= 0.3 is 0 Å². The number of thioether (sulfide) groups is 1. The van der Waals surface area contributed by atoms with Gasteiger partial charge in [-0.15, -0.1) is 10.2 Å². The minimum atomic E-state index is -0.266. The molecule has 0 saturated heterocycles. The van der Waals surface area contributed by atoms with Crippen LogP contribution < -0.4 is 0 Å². The maximum atomic E-state index is 13.3. The van der Waals surface area contributed by atoms with E-state index in [0.29, 0.717) is 5.82 Å². The van der Waals surface area contributed by atoms with Crippen molar-refractivity contribution in [3.05, 3.63) is 96.3 Å². The molecule has 0 atom stereocenters. The van der Waals surface area contributed by atoms with E-state index >= 15 is 0 Å². The van der Waals surface area contributed by atoms with Gasteiger partial charge in [-0.05, 0) is 42.0 Å². The first-order valence-corrected chi connectivity index (χ1v) is 9.23. The molecule has 1 heterocycles. The van der Waals surface area contributed by atoms with Crippen LogP contribution in [0.1, 0.15) is 5.56 Å². The van der Waals surface area contributed by atoms with E-state index in [9.17, 15) is 4.39 Å². The second kappa shape index (κ2) is 7.54. The third-order valence-corrected chi connectivity index (χ3v) is 4.96. The Hall–Kier alpha value is -2.92. The number of nitrogens with zero attached hydrogens (tertiary/aromatic N) is 3. The van der Waals surface area contributed by atoms with Crippen molar-refractivity contribution in [1.29, 1.82) is 0 Å². The number of rotatable bonds is 5. The first-order valence-electron chi connectivity index (χ1n) is 8.25. The fourth-order valence-corrected chi connectivity index (χ4v) is 3.59. The molecule has 0 amide bonds. The smallest absolute Gasteiger partial charge is 0.196 e. The third-order valence-electron chi connectivity index (χ3n) is 3.96. The van der Waals surface area contributed by atoms with E-state index in [2.05, 4.69) is 22.3 Å². The van der Waals surface area contributed by atoms with E-state index < -0.39 is 0 Å². The lowest BCUT2D eigenvalue weighted by Crippen LogP contribution is -1.99. The van der Waals surface area contributed by atoms with Crippen molar-refractivity contribution in [3.63, 3.8) is 0 Å². The van der Waals surface area contributed by atoms with Crippen LogP contribution in [0.2, 0.25) is 0 Å². The van der Waals surface area contributed by atoms with Gasteiger partial charge in [-0.3, -0.25) is 4.57 Å². The molecule has 3 nitrogen and oxygen atoms in total. The fraction of sp³-hybridized carbons (Fsp3) is 0.0476. The highest BCUT2D eigenvalue weighted by atomic mass is 32.2. The number of aromatic nitrogens is 3. The Balaban J connectivity index is 1.73. The summed E-state index contributed by atoms with van der Waals surface area (Å²) in [5.74, 6) is 1.24. The Morgan fingerprint density at radius 2 is 1.42 bits per heavy atom. The van der Waals surface area contributed by atoms with Gasteiger partial charge in [-0.2, -0.15) is 0 Å². The number of hydrogen-bond acceptors (Lipinski definition) is 3. The summed E-state index contributed by atoms with van der Waals surface area (Å²) in [4.78, 5) is 0. The van der Waals surface area contributed by atoms with Crippen LogP contribution in [-0.2, 0) is 5.75 Å². The van der Waals surface area contributed by atoms with Crippen molar-refractivity contribution in [2.45, 2.75) is 10.9 Å². The molecule has 128 valence electrons. The fourth-order valence-electron chi connectivity index (χ4n) is 2.68. The summed E-state index contributed by atoms with van der Waals surface area (Å²) in [6.07, 6.45) is 0. The summed E-state index contributed by atoms with van der Waals surface area (Å²) in [6, 6.07) is 26.6. The van der Waals surface area contributed by atoms with E-state index in [1.54, 1.807) is 23.9 Å².